The molecule has 1 aromatic heterocycles. The van der Waals surface area contributed by atoms with Gasteiger partial charge in [-0.25, -0.2) is 9.37 Å². The predicted octanol–water partition coefficient (Wildman–Crippen LogP) is 3.81. The summed E-state index contributed by atoms with van der Waals surface area (Å²) >= 11 is 0. The Kier molecular flexibility index (Phi) is 3.74. The van der Waals surface area contributed by atoms with E-state index in [2.05, 4.69) is 15.3 Å². The van der Waals surface area contributed by atoms with Gasteiger partial charge in [0.2, 0.25) is 0 Å². The highest BCUT2D eigenvalue weighted by atomic mass is 19.1. The molecule has 5 nitrogen and oxygen atoms in total. The Labute approximate surface area is 137 Å². The molecule has 2 aromatic carbocycles. The third-order valence-corrected chi connectivity index (χ3v) is 4.11. The monoisotopic (exact) mass is 325 g/mol. The first-order chi connectivity index (χ1) is 11.7. The number of fused-ring (bicyclic) bond motifs is 1. The van der Waals surface area contributed by atoms with Gasteiger partial charge in [0, 0.05) is 12.3 Å². The number of hydrogen-bond acceptors (Lipinski definition) is 3. The number of nitrogens with one attached hydrogen (secondary N) is 2. The van der Waals surface area contributed by atoms with Crippen molar-refractivity contribution >= 4 is 22.6 Å². The van der Waals surface area contributed by atoms with Gasteiger partial charge in [0.15, 0.2) is 0 Å². The molecule has 6 heteroatoms. The molecule has 0 aliphatic carbocycles. The lowest BCUT2D eigenvalue weighted by Gasteiger charge is -2.06. The minimum absolute atomic E-state index is 0.00820. The van der Waals surface area contributed by atoms with Gasteiger partial charge in [0.25, 0.3) is 5.91 Å². The molecule has 1 saturated heterocycles. The zero-order chi connectivity index (χ0) is 16.5. The summed E-state index contributed by atoms with van der Waals surface area (Å²) < 4.78 is 19.3. The van der Waals surface area contributed by atoms with Crippen molar-refractivity contribution in [3.05, 3.63) is 59.7 Å². The van der Waals surface area contributed by atoms with Gasteiger partial charge < -0.3 is 15.0 Å². The van der Waals surface area contributed by atoms with Gasteiger partial charge in [-0.2, -0.15) is 0 Å². The molecule has 0 radical (unpaired) electrons. The number of nitrogens with zero attached hydrogens (tertiary/aromatic N) is 1. The highest BCUT2D eigenvalue weighted by molar-refractivity contribution is 6.05. The normalized spacial score (nSPS) is 17.3. The van der Waals surface area contributed by atoms with E-state index in [-0.39, 0.29) is 11.7 Å². The maximum atomic E-state index is 13.7. The number of hydrogen-bond donors (Lipinski definition) is 2. The van der Waals surface area contributed by atoms with E-state index in [1.54, 1.807) is 24.3 Å². The highest BCUT2D eigenvalue weighted by Crippen LogP contribution is 2.28. The van der Waals surface area contributed by atoms with Crippen molar-refractivity contribution in [2.75, 3.05) is 11.9 Å². The SMILES string of the molecule is O=C(Nc1ccc2nc(C3CCCO3)[nH]c2c1)c1ccccc1F. The number of ether oxygens (including phenoxy) is 1. The second-order valence-electron chi connectivity index (χ2n) is 5.79. The van der Waals surface area contributed by atoms with Crippen LogP contribution in [0.5, 0.6) is 0 Å². The molecule has 1 unspecified atom stereocenters. The van der Waals surface area contributed by atoms with Crippen LogP contribution in [0, 0.1) is 5.82 Å². The van der Waals surface area contributed by atoms with Crippen LogP contribution in [-0.4, -0.2) is 22.5 Å². The Morgan fingerprint density at radius 2 is 2.17 bits per heavy atom. The second kappa shape index (κ2) is 6.05. The van der Waals surface area contributed by atoms with Gasteiger partial charge in [-0.15, -0.1) is 0 Å². The molecule has 1 amide bonds. The highest BCUT2D eigenvalue weighted by Gasteiger charge is 2.21. The van der Waals surface area contributed by atoms with Gasteiger partial charge in [0.05, 0.1) is 16.6 Å². The maximum Gasteiger partial charge on any atom is 0.258 e. The van der Waals surface area contributed by atoms with Crippen molar-refractivity contribution < 1.29 is 13.9 Å². The Hall–Kier alpha value is -2.73. The first kappa shape index (κ1) is 14.8. The van der Waals surface area contributed by atoms with Crippen LogP contribution < -0.4 is 5.32 Å². The average Bonchev–Trinajstić information content (AvgIpc) is 3.24. The summed E-state index contributed by atoms with van der Waals surface area (Å²) in [5.41, 5.74) is 2.22. The van der Waals surface area contributed by atoms with Crippen LogP contribution in [0.1, 0.15) is 35.1 Å². The van der Waals surface area contributed by atoms with E-state index < -0.39 is 11.7 Å². The van der Waals surface area contributed by atoms with E-state index >= 15 is 0 Å². The molecule has 1 aliphatic rings. The largest absolute Gasteiger partial charge is 0.370 e. The molecule has 0 spiro atoms. The third-order valence-electron chi connectivity index (χ3n) is 4.11. The van der Waals surface area contributed by atoms with E-state index in [9.17, 15) is 9.18 Å². The molecule has 2 N–H and O–H groups in total. The van der Waals surface area contributed by atoms with Crippen LogP contribution in [-0.2, 0) is 4.74 Å². The number of carbonyl (C=O) groups is 1. The van der Waals surface area contributed by atoms with Crippen LogP contribution in [0.25, 0.3) is 11.0 Å². The lowest BCUT2D eigenvalue weighted by Crippen LogP contribution is -2.13. The molecule has 3 aromatic rings. The number of H-pyrrole nitrogens is 1. The first-order valence-corrected chi connectivity index (χ1v) is 7.88. The Morgan fingerprint density at radius 3 is 2.96 bits per heavy atom. The number of benzene rings is 2. The quantitative estimate of drug-likeness (QED) is 0.769. The molecule has 1 atom stereocenters. The van der Waals surface area contributed by atoms with E-state index in [0.717, 1.165) is 36.3 Å². The van der Waals surface area contributed by atoms with Crippen LogP contribution in [0.15, 0.2) is 42.5 Å². The zero-order valence-electron chi connectivity index (χ0n) is 12.9. The van der Waals surface area contributed by atoms with Crippen molar-refractivity contribution in [2.45, 2.75) is 18.9 Å². The minimum atomic E-state index is -0.543. The smallest absolute Gasteiger partial charge is 0.258 e. The van der Waals surface area contributed by atoms with Crippen LogP contribution in [0.3, 0.4) is 0 Å². The second-order valence-corrected chi connectivity index (χ2v) is 5.79. The van der Waals surface area contributed by atoms with Crippen molar-refractivity contribution in [1.82, 2.24) is 9.97 Å². The van der Waals surface area contributed by atoms with Crippen molar-refractivity contribution in [3.8, 4) is 0 Å². The predicted molar refractivity (Wildman–Crippen MR) is 88.4 cm³/mol. The lowest BCUT2D eigenvalue weighted by molar-refractivity contribution is 0.102. The van der Waals surface area contributed by atoms with E-state index in [0.29, 0.717) is 5.69 Å². The summed E-state index contributed by atoms with van der Waals surface area (Å²) in [6, 6.07) is 11.3. The van der Waals surface area contributed by atoms with E-state index in [1.807, 2.05) is 6.07 Å². The number of aromatic nitrogens is 2. The van der Waals surface area contributed by atoms with E-state index in [4.69, 9.17) is 4.74 Å². The standard InChI is InChI=1S/C18H16FN3O2/c19-13-5-2-1-4-12(13)18(23)20-11-7-8-14-15(10-11)22-17(21-14)16-6-3-9-24-16/h1-2,4-5,7-8,10,16H,3,6,9H2,(H,20,23)(H,21,22). The van der Waals surface area contributed by atoms with E-state index in [1.165, 1.54) is 12.1 Å². The minimum Gasteiger partial charge on any atom is -0.370 e. The number of halogens is 1. The molecule has 4 rings (SSSR count). The fourth-order valence-electron chi connectivity index (χ4n) is 2.90. The molecular weight excluding hydrogens is 309 g/mol. The molecule has 1 aliphatic heterocycles. The third kappa shape index (κ3) is 2.76. The number of carbonyl (C=O) groups excluding carboxylic acids is 1. The Bertz CT molecular complexity index is 900. The number of amides is 1. The molecule has 122 valence electrons. The summed E-state index contributed by atoms with van der Waals surface area (Å²) in [5.74, 6) is -0.218. The molecular formula is C18H16FN3O2. The number of aromatic amines is 1. The van der Waals surface area contributed by atoms with Gasteiger partial charge in [0.1, 0.15) is 17.7 Å². The van der Waals surface area contributed by atoms with Crippen molar-refractivity contribution in [1.29, 1.82) is 0 Å². The average molecular weight is 325 g/mol. The van der Waals surface area contributed by atoms with Gasteiger partial charge >= 0.3 is 0 Å². The van der Waals surface area contributed by atoms with Crippen molar-refractivity contribution in [3.63, 3.8) is 0 Å². The Morgan fingerprint density at radius 1 is 1.29 bits per heavy atom. The summed E-state index contributed by atoms with van der Waals surface area (Å²) in [6.45, 7) is 0.756. The van der Waals surface area contributed by atoms with Gasteiger partial charge in [-0.1, -0.05) is 12.1 Å². The fraction of sp³-hybridized carbons (Fsp3) is 0.222. The number of rotatable bonds is 3. The molecule has 0 bridgehead atoms. The van der Waals surface area contributed by atoms with Crippen LogP contribution in [0.4, 0.5) is 10.1 Å². The van der Waals surface area contributed by atoms with Gasteiger partial charge in [-0.3, -0.25) is 4.79 Å². The summed E-state index contributed by atoms with van der Waals surface area (Å²) in [6.07, 6.45) is 2.00. The first-order valence-electron chi connectivity index (χ1n) is 7.88. The molecule has 2 heterocycles. The van der Waals surface area contributed by atoms with Crippen LogP contribution in [0.2, 0.25) is 0 Å². The summed E-state index contributed by atoms with van der Waals surface area (Å²) in [7, 11) is 0. The van der Waals surface area contributed by atoms with Gasteiger partial charge in [-0.05, 0) is 43.2 Å². The van der Waals surface area contributed by atoms with Crippen molar-refractivity contribution in [2.24, 2.45) is 0 Å². The number of anilines is 1. The molecule has 0 saturated carbocycles. The molecule has 1 fully saturated rings. The molecule has 24 heavy (non-hydrogen) atoms. The van der Waals surface area contributed by atoms with Crippen LogP contribution >= 0.6 is 0 Å². The zero-order valence-corrected chi connectivity index (χ0v) is 12.9. The summed E-state index contributed by atoms with van der Waals surface area (Å²) in [5, 5.41) is 2.71. The summed E-state index contributed by atoms with van der Waals surface area (Å²) in [4.78, 5) is 20.0. The maximum absolute atomic E-state index is 13.7. The number of imidazole rings is 1. The Balaban J connectivity index is 1.58. The fourth-order valence-corrected chi connectivity index (χ4v) is 2.90. The lowest BCUT2D eigenvalue weighted by atomic mass is 10.2. The topological polar surface area (TPSA) is 67.0 Å².